The Hall–Kier alpha value is -3.56. The lowest BCUT2D eigenvalue weighted by molar-refractivity contribution is 0.318. The fourth-order valence-electron chi connectivity index (χ4n) is 4.58. The van der Waals surface area contributed by atoms with Crippen LogP contribution < -0.4 is 10.2 Å². The van der Waals surface area contributed by atoms with Crippen molar-refractivity contribution in [1.29, 1.82) is 0 Å². The van der Waals surface area contributed by atoms with Crippen LogP contribution in [0.4, 0.5) is 13.2 Å². The zero-order valence-corrected chi connectivity index (χ0v) is 20.9. The maximum atomic E-state index is 15.4. The van der Waals surface area contributed by atoms with E-state index >= 15 is 4.39 Å². The van der Waals surface area contributed by atoms with Crippen LogP contribution in [0.3, 0.4) is 0 Å². The van der Waals surface area contributed by atoms with E-state index in [1.165, 1.54) is 6.07 Å². The van der Waals surface area contributed by atoms with Crippen LogP contribution in [0.15, 0.2) is 53.5 Å². The predicted molar refractivity (Wildman–Crippen MR) is 136 cm³/mol. The van der Waals surface area contributed by atoms with Crippen LogP contribution in [-0.4, -0.2) is 39.2 Å². The number of imidazole rings is 1. The van der Waals surface area contributed by atoms with Crippen LogP contribution in [0.25, 0.3) is 22.4 Å². The molecule has 1 N–H and O–H groups in total. The van der Waals surface area contributed by atoms with Gasteiger partial charge in [0.05, 0.1) is 35.8 Å². The number of nitrogens with one attached hydrogen (secondary N) is 1. The second-order valence-electron chi connectivity index (χ2n) is 9.22. The van der Waals surface area contributed by atoms with E-state index in [4.69, 9.17) is 16.3 Å². The molecule has 6 nitrogen and oxygen atoms in total. The number of hydrazine groups is 1. The molecule has 0 aliphatic carbocycles. The van der Waals surface area contributed by atoms with Gasteiger partial charge in [0.1, 0.15) is 29.4 Å². The van der Waals surface area contributed by atoms with E-state index in [1.54, 1.807) is 34.9 Å². The lowest BCUT2D eigenvalue weighted by atomic mass is 10.1. The van der Waals surface area contributed by atoms with Crippen LogP contribution in [0, 0.1) is 17.5 Å². The number of ether oxygens (including phenoxy) is 1. The zero-order valence-electron chi connectivity index (χ0n) is 20.1. The van der Waals surface area contributed by atoms with E-state index in [1.807, 2.05) is 11.9 Å². The van der Waals surface area contributed by atoms with Crippen LogP contribution in [0.1, 0.15) is 31.4 Å². The molecule has 6 rings (SSSR count). The van der Waals surface area contributed by atoms with E-state index in [9.17, 15) is 8.78 Å². The first kappa shape index (κ1) is 23.8. The molecule has 3 aromatic carbocycles. The summed E-state index contributed by atoms with van der Waals surface area (Å²) in [6.07, 6.45) is 0.866. The van der Waals surface area contributed by atoms with E-state index in [2.05, 4.69) is 22.3 Å². The molecule has 37 heavy (non-hydrogen) atoms. The van der Waals surface area contributed by atoms with Crippen LogP contribution in [-0.2, 0) is 6.54 Å². The van der Waals surface area contributed by atoms with Crippen molar-refractivity contribution in [1.82, 2.24) is 20.0 Å². The number of hydrogen-bond donors (Lipinski definition) is 1. The van der Waals surface area contributed by atoms with Gasteiger partial charge < -0.3 is 14.7 Å². The Bertz CT molecular complexity index is 1570. The van der Waals surface area contributed by atoms with Gasteiger partial charge in [-0.3, -0.25) is 0 Å². The quantitative estimate of drug-likeness (QED) is 0.305. The highest BCUT2D eigenvalue weighted by atomic mass is 35.5. The smallest absolute Gasteiger partial charge is 0.161 e. The lowest BCUT2D eigenvalue weighted by Gasteiger charge is -2.15. The molecule has 3 heterocycles. The van der Waals surface area contributed by atoms with Gasteiger partial charge in [-0.15, -0.1) is 0 Å². The van der Waals surface area contributed by atoms with Crippen molar-refractivity contribution in [3.63, 3.8) is 0 Å². The number of halogens is 4. The molecule has 1 saturated heterocycles. The number of aromatic nitrogens is 2. The van der Waals surface area contributed by atoms with Gasteiger partial charge >= 0.3 is 0 Å². The average Bonchev–Trinajstić information content (AvgIpc) is 3.20. The Balaban J connectivity index is 1.43. The summed E-state index contributed by atoms with van der Waals surface area (Å²) in [5.74, 6) is -0.975. The van der Waals surface area contributed by atoms with Crippen molar-refractivity contribution in [2.24, 2.45) is 4.99 Å². The SMILES string of the molecule is CCCOc1cc(Cl)ccc1-c1nc2cc(F)c(F)cc2n1Cc1ccc(C2=NC3C(C)N3N2)cc1F. The number of hydrogen-bond acceptors (Lipinski definition) is 5. The molecule has 1 fully saturated rings. The number of fused-ring (bicyclic) bond motifs is 2. The van der Waals surface area contributed by atoms with Gasteiger partial charge in [0.15, 0.2) is 11.6 Å². The number of aliphatic imine (C=N–C) groups is 1. The normalized spacial score (nSPS) is 20.1. The number of amidine groups is 1. The first-order valence-electron chi connectivity index (χ1n) is 12.0. The van der Waals surface area contributed by atoms with Crippen molar-refractivity contribution in [3.05, 3.63) is 82.1 Å². The molecule has 2 aliphatic rings. The third-order valence-electron chi connectivity index (χ3n) is 6.65. The van der Waals surface area contributed by atoms with Crippen molar-refractivity contribution in [2.75, 3.05) is 6.61 Å². The molecule has 1 aromatic heterocycles. The molecule has 3 unspecified atom stereocenters. The summed E-state index contributed by atoms with van der Waals surface area (Å²) in [5.41, 5.74) is 5.33. The molecule has 0 saturated carbocycles. The fraction of sp³-hybridized carbons (Fsp3) is 0.259. The Morgan fingerprint density at radius 1 is 1.03 bits per heavy atom. The summed E-state index contributed by atoms with van der Waals surface area (Å²) < 4.78 is 51.3. The third-order valence-corrected chi connectivity index (χ3v) is 6.89. The summed E-state index contributed by atoms with van der Waals surface area (Å²) in [5, 5.41) is 2.46. The molecule has 2 aliphatic heterocycles. The lowest BCUT2D eigenvalue weighted by Crippen LogP contribution is -2.27. The van der Waals surface area contributed by atoms with Crippen LogP contribution >= 0.6 is 11.6 Å². The Labute approximate surface area is 216 Å². The van der Waals surface area contributed by atoms with Crippen LogP contribution in [0.5, 0.6) is 5.75 Å². The summed E-state index contributed by atoms with van der Waals surface area (Å²) >= 11 is 6.21. The second kappa shape index (κ2) is 9.08. The summed E-state index contributed by atoms with van der Waals surface area (Å²) in [6.45, 7) is 4.51. The van der Waals surface area contributed by atoms with Crippen molar-refractivity contribution in [2.45, 2.75) is 39.0 Å². The highest BCUT2D eigenvalue weighted by molar-refractivity contribution is 6.30. The third kappa shape index (κ3) is 4.22. The van der Waals surface area contributed by atoms with E-state index in [0.717, 1.165) is 18.6 Å². The first-order valence-corrected chi connectivity index (χ1v) is 12.4. The zero-order chi connectivity index (χ0) is 25.8. The van der Waals surface area contributed by atoms with Gasteiger partial charge in [-0.1, -0.05) is 30.7 Å². The van der Waals surface area contributed by atoms with E-state index in [0.29, 0.717) is 57.3 Å². The molecule has 0 radical (unpaired) electrons. The summed E-state index contributed by atoms with van der Waals surface area (Å²) in [6, 6.07) is 12.4. The maximum Gasteiger partial charge on any atom is 0.161 e. The van der Waals surface area contributed by atoms with Gasteiger partial charge in [-0.05, 0) is 37.6 Å². The Kier molecular flexibility index (Phi) is 5.84. The summed E-state index contributed by atoms with van der Waals surface area (Å²) in [7, 11) is 0. The monoisotopic (exact) mass is 525 g/mol. The topological polar surface area (TPSA) is 54.4 Å². The molecule has 0 amide bonds. The molecular formula is C27H23ClF3N5O. The van der Waals surface area contributed by atoms with Crippen LogP contribution in [0.2, 0.25) is 5.02 Å². The number of nitrogens with zero attached hydrogens (tertiary/aromatic N) is 4. The highest BCUT2D eigenvalue weighted by Gasteiger charge is 2.49. The van der Waals surface area contributed by atoms with Gasteiger partial charge in [-0.2, -0.15) is 5.01 Å². The standard InChI is InChI=1S/C27H23ClF3N5O/c1-3-8-37-24-10-17(28)6-7-18(24)27-32-22-11-20(30)21(31)12-23(22)35(27)13-16-5-4-15(9-19(16)29)25-33-26-14(2)36(26)34-25/h4-7,9-12,14,26H,3,8,13H2,1-2H3,(H,33,34). The van der Waals surface area contributed by atoms with Gasteiger partial charge in [-0.25, -0.2) is 23.1 Å². The highest BCUT2D eigenvalue weighted by Crippen LogP contribution is 2.36. The first-order chi connectivity index (χ1) is 17.8. The Morgan fingerprint density at radius 3 is 2.57 bits per heavy atom. The van der Waals surface area contributed by atoms with Gasteiger partial charge in [0.25, 0.3) is 0 Å². The van der Waals surface area contributed by atoms with E-state index < -0.39 is 17.5 Å². The van der Waals surface area contributed by atoms with Crippen molar-refractivity contribution in [3.8, 4) is 17.1 Å². The minimum atomic E-state index is -1.01. The van der Waals surface area contributed by atoms with Crippen molar-refractivity contribution >= 4 is 28.5 Å². The largest absolute Gasteiger partial charge is 0.493 e. The molecule has 0 bridgehead atoms. The van der Waals surface area contributed by atoms with Gasteiger partial charge in [0.2, 0.25) is 0 Å². The summed E-state index contributed by atoms with van der Waals surface area (Å²) in [4.78, 5) is 9.15. The molecule has 0 spiro atoms. The predicted octanol–water partition coefficient (Wildman–Crippen LogP) is 5.91. The molecule has 10 heteroatoms. The Morgan fingerprint density at radius 2 is 1.84 bits per heavy atom. The van der Waals surface area contributed by atoms with Gasteiger partial charge in [0, 0.05) is 28.3 Å². The van der Waals surface area contributed by atoms with E-state index in [-0.39, 0.29) is 18.2 Å². The molecule has 3 atom stereocenters. The molecular weight excluding hydrogens is 503 g/mol. The molecule has 4 aromatic rings. The minimum absolute atomic E-state index is 0.0323. The molecule has 190 valence electrons. The number of benzene rings is 3. The van der Waals surface area contributed by atoms with Crippen molar-refractivity contribution < 1.29 is 17.9 Å². The fourth-order valence-corrected chi connectivity index (χ4v) is 4.75. The average molecular weight is 526 g/mol. The minimum Gasteiger partial charge on any atom is -0.493 e. The number of rotatable bonds is 7. The maximum absolute atomic E-state index is 15.4. The second-order valence-corrected chi connectivity index (χ2v) is 9.66.